The van der Waals surface area contributed by atoms with Gasteiger partial charge < -0.3 is 14.2 Å². The predicted octanol–water partition coefficient (Wildman–Crippen LogP) is 3.91. The van der Waals surface area contributed by atoms with Gasteiger partial charge in [0.25, 0.3) is 0 Å². The number of hydrogen-bond acceptors (Lipinski definition) is 7. The molecule has 0 amide bonds. The van der Waals surface area contributed by atoms with E-state index in [-0.39, 0.29) is 37.5 Å². The molecule has 2 aromatic carbocycles. The fourth-order valence-electron chi connectivity index (χ4n) is 5.47. The first-order valence-corrected chi connectivity index (χ1v) is 13.8. The summed E-state index contributed by atoms with van der Waals surface area (Å²) >= 11 is 0. The van der Waals surface area contributed by atoms with Gasteiger partial charge in [0.15, 0.2) is 5.41 Å². The van der Waals surface area contributed by atoms with E-state index in [1.165, 1.54) is 11.4 Å². The van der Waals surface area contributed by atoms with Crippen molar-refractivity contribution in [1.29, 1.82) is 0 Å². The number of aryl methyl sites for hydroxylation is 1. The van der Waals surface area contributed by atoms with Gasteiger partial charge in [-0.25, -0.2) is 8.42 Å². The summed E-state index contributed by atoms with van der Waals surface area (Å²) in [7, 11) is -2.51. The van der Waals surface area contributed by atoms with Gasteiger partial charge in [-0.05, 0) is 69.5 Å². The SMILES string of the molecule is CCOC(=O)C1(C(=O)OCC)Cc2ccc(OC)cc2C2(C=C(C)CN2S(=O)(=O)c2ccc(C)cc2)C1. The van der Waals surface area contributed by atoms with E-state index in [4.69, 9.17) is 14.2 Å². The molecule has 37 heavy (non-hydrogen) atoms. The number of esters is 2. The summed E-state index contributed by atoms with van der Waals surface area (Å²) in [5.41, 5.74) is -0.00818. The lowest BCUT2D eigenvalue weighted by molar-refractivity contribution is -0.175. The Hall–Kier alpha value is -3.17. The van der Waals surface area contributed by atoms with E-state index in [9.17, 15) is 18.0 Å². The maximum Gasteiger partial charge on any atom is 0.323 e. The van der Waals surface area contributed by atoms with E-state index in [1.54, 1.807) is 56.3 Å². The standard InChI is InChI=1S/C28H33NO7S/c1-6-35-25(30)27(26(31)36-7-2)16-21-10-11-22(34-5)14-24(21)28(18-27)15-20(4)17-29(28)37(32,33)23-12-8-19(3)9-13-23/h8-15H,6-7,16-18H2,1-5H3. The van der Waals surface area contributed by atoms with Crippen LogP contribution in [0.4, 0.5) is 0 Å². The number of carbonyl (C=O) groups excluding carboxylic acids is 2. The maximum absolute atomic E-state index is 14.2. The fraction of sp³-hybridized carbons (Fsp3) is 0.429. The number of rotatable bonds is 7. The molecule has 0 saturated heterocycles. The third-order valence-electron chi connectivity index (χ3n) is 7.11. The molecule has 2 aromatic rings. The Balaban J connectivity index is 2.00. The van der Waals surface area contributed by atoms with Crippen molar-refractivity contribution in [2.24, 2.45) is 5.41 Å². The Labute approximate surface area is 218 Å². The highest BCUT2D eigenvalue weighted by Crippen LogP contribution is 2.55. The van der Waals surface area contributed by atoms with Crippen molar-refractivity contribution in [2.45, 2.75) is 51.0 Å². The first kappa shape index (κ1) is 26.9. The van der Waals surface area contributed by atoms with Crippen LogP contribution in [-0.4, -0.2) is 51.5 Å². The van der Waals surface area contributed by atoms with E-state index >= 15 is 0 Å². The van der Waals surface area contributed by atoms with Crippen LogP contribution in [0, 0.1) is 12.3 Å². The minimum atomic E-state index is -4.05. The topological polar surface area (TPSA) is 99.2 Å². The van der Waals surface area contributed by atoms with Crippen molar-refractivity contribution in [3.63, 3.8) is 0 Å². The van der Waals surface area contributed by atoms with Gasteiger partial charge >= 0.3 is 11.9 Å². The molecule has 198 valence electrons. The van der Waals surface area contributed by atoms with E-state index in [0.29, 0.717) is 16.9 Å². The second-order valence-electron chi connectivity index (χ2n) is 9.64. The van der Waals surface area contributed by atoms with E-state index in [0.717, 1.165) is 11.1 Å². The summed E-state index contributed by atoms with van der Waals surface area (Å²) < 4.78 is 46.0. The van der Waals surface area contributed by atoms with Crippen molar-refractivity contribution in [1.82, 2.24) is 4.31 Å². The number of carbonyl (C=O) groups is 2. The molecular formula is C28H33NO7S. The zero-order valence-electron chi connectivity index (χ0n) is 21.9. The van der Waals surface area contributed by atoms with Crippen molar-refractivity contribution in [3.8, 4) is 5.75 Å². The molecule has 0 N–H and O–H groups in total. The van der Waals surface area contributed by atoms with E-state index < -0.39 is 32.9 Å². The van der Waals surface area contributed by atoms with Crippen LogP contribution in [0.2, 0.25) is 0 Å². The first-order valence-electron chi connectivity index (χ1n) is 12.3. The van der Waals surface area contributed by atoms with Gasteiger partial charge in [-0.15, -0.1) is 0 Å². The molecule has 4 rings (SSSR count). The Morgan fingerprint density at radius 3 is 2.16 bits per heavy atom. The number of ether oxygens (including phenoxy) is 3. The Kier molecular flexibility index (Phi) is 7.23. The molecule has 2 aliphatic rings. The van der Waals surface area contributed by atoms with Crippen LogP contribution in [0.25, 0.3) is 0 Å². The maximum atomic E-state index is 14.2. The zero-order chi connectivity index (χ0) is 27.0. The lowest BCUT2D eigenvalue weighted by atomic mass is 9.63. The average Bonchev–Trinajstić information content (AvgIpc) is 3.21. The molecule has 0 fully saturated rings. The molecule has 0 bridgehead atoms. The largest absolute Gasteiger partial charge is 0.497 e. The smallest absolute Gasteiger partial charge is 0.323 e. The minimum absolute atomic E-state index is 0.0249. The average molecular weight is 528 g/mol. The van der Waals surface area contributed by atoms with E-state index in [1.807, 2.05) is 19.9 Å². The molecule has 0 radical (unpaired) electrons. The molecular weight excluding hydrogens is 494 g/mol. The van der Waals surface area contributed by atoms with Gasteiger partial charge in [0.1, 0.15) is 5.75 Å². The monoisotopic (exact) mass is 527 g/mol. The van der Waals surface area contributed by atoms with Gasteiger partial charge in [-0.3, -0.25) is 9.59 Å². The highest BCUT2D eigenvalue weighted by Gasteiger charge is 2.62. The molecule has 0 aromatic heterocycles. The third kappa shape index (κ3) is 4.44. The van der Waals surface area contributed by atoms with Crippen LogP contribution >= 0.6 is 0 Å². The van der Waals surface area contributed by atoms with Gasteiger partial charge in [0, 0.05) is 13.0 Å². The third-order valence-corrected chi connectivity index (χ3v) is 9.01. The second kappa shape index (κ2) is 9.95. The van der Waals surface area contributed by atoms with Crippen LogP contribution in [0.15, 0.2) is 59.0 Å². The summed E-state index contributed by atoms with van der Waals surface area (Å²) in [6, 6.07) is 12.0. The molecule has 1 spiro atoms. The lowest BCUT2D eigenvalue weighted by Gasteiger charge is -2.47. The van der Waals surface area contributed by atoms with Gasteiger partial charge in [0.2, 0.25) is 10.0 Å². The number of benzene rings is 2. The highest BCUT2D eigenvalue weighted by atomic mass is 32.2. The van der Waals surface area contributed by atoms with E-state index in [2.05, 4.69) is 0 Å². The minimum Gasteiger partial charge on any atom is -0.497 e. The van der Waals surface area contributed by atoms with Crippen molar-refractivity contribution >= 4 is 22.0 Å². The van der Waals surface area contributed by atoms with Gasteiger partial charge in [-0.2, -0.15) is 4.31 Å². The van der Waals surface area contributed by atoms with Crippen LogP contribution in [0.1, 0.15) is 43.9 Å². The molecule has 1 aliphatic carbocycles. The number of hydrogen-bond donors (Lipinski definition) is 0. The molecule has 1 aliphatic heterocycles. The lowest BCUT2D eigenvalue weighted by Crippen LogP contribution is -2.57. The predicted molar refractivity (Wildman–Crippen MR) is 138 cm³/mol. The Morgan fingerprint density at radius 1 is 0.973 bits per heavy atom. The normalized spacial score (nSPS) is 20.7. The second-order valence-corrected chi connectivity index (χ2v) is 11.5. The molecule has 1 atom stereocenters. The van der Waals surface area contributed by atoms with Crippen molar-refractivity contribution in [3.05, 3.63) is 70.8 Å². The van der Waals surface area contributed by atoms with Gasteiger partial charge in [0.05, 0.1) is 30.8 Å². The number of fused-ring (bicyclic) bond motifs is 2. The van der Waals surface area contributed by atoms with Crippen LogP contribution in [-0.2, 0) is 41.0 Å². The molecule has 0 saturated carbocycles. The summed E-state index contributed by atoms with van der Waals surface area (Å²) in [6.07, 6.45) is 1.72. The molecule has 1 unspecified atom stereocenters. The zero-order valence-corrected chi connectivity index (χ0v) is 22.7. The number of sulfonamides is 1. The Bertz CT molecular complexity index is 1330. The molecule has 8 nitrogen and oxygen atoms in total. The quantitative estimate of drug-likeness (QED) is 0.306. The fourth-order valence-corrected chi connectivity index (χ4v) is 7.23. The highest BCUT2D eigenvalue weighted by molar-refractivity contribution is 7.89. The summed E-state index contributed by atoms with van der Waals surface area (Å²) in [6.45, 7) is 7.32. The number of methoxy groups -OCH3 is 1. The summed E-state index contributed by atoms with van der Waals surface area (Å²) in [4.78, 5) is 27.2. The van der Waals surface area contributed by atoms with Crippen molar-refractivity contribution < 1.29 is 32.2 Å². The van der Waals surface area contributed by atoms with Crippen LogP contribution in [0.5, 0.6) is 5.75 Å². The summed E-state index contributed by atoms with van der Waals surface area (Å²) in [5.74, 6) is -0.900. The first-order chi connectivity index (χ1) is 17.5. The van der Waals surface area contributed by atoms with Crippen LogP contribution in [0.3, 0.4) is 0 Å². The van der Waals surface area contributed by atoms with Crippen molar-refractivity contribution in [2.75, 3.05) is 26.9 Å². The van der Waals surface area contributed by atoms with Gasteiger partial charge in [-0.1, -0.05) is 35.4 Å². The number of nitrogens with zero attached hydrogens (tertiary/aromatic N) is 1. The summed E-state index contributed by atoms with van der Waals surface area (Å²) in [5, 5.41) is 0. The van der Waals surface area contributed by atoms with Crippen LogP contribution < -0.4 is 4.74 Å². The molecule has 9 heteroatoms. The Morgan fingerprint density at radius 2 is 1.59 bits per heavy atom. The molecule has 1 heterocycles.